The monoisotopic (exact) mass is 835 g/mol. The molecule has 1 heterocycles. The Morgan fingerprint density at radius 1 is 0.967 bits per heavy atom. The summed E-state index contributed by atoms with van der Waals surface area (Å²) < 4.78 is 12.8. The number of amides is 1. The number of aryl methyl sites for hydroxylation is 2. The number of hydrogen-bond donors (Lipinski definition) is 4. The first-order valence-corrected chi connectivity index (χ1v) is 22.0. The molecule has 0 aliphatic heterocycles. The molecule has 4 aromatic rings. The number of aliphatic carboxylic acids is 2. The van der Waals surface area contributed by atoms with E-state index in [0.717, 1.165) is 49.1 Å². The van der Waals surface area contributed by atoms with Crippen molar-refractivity contribution in [1.82, 2.24) is 10.3 Å². The molecular weight excluding hydrogens is 778 g/mol. The molecule has 3 aliphatic carbocycles. The molecule has 0 bridgehead atoms. The van der Waals surface area contributed by atoms with Crippen LogP contribution >= 0.6 is 11.6 Å². The lowest BCUT2D eigenvalue weighted by molar-refractivity contribution is -0.144. The summed E-state index contributed by atoms with van der Waals surface area (Å²) in [6.07, 6.45) is 10.6. The molecule has 1 saturated carbocycles. The van der Waals surface area contributed by atoms with Gasteiger partial charge in [0.15, 0.2) is 0 Å². The lowest BCUT2D eigenvalue weighted by Gasteiger charge is -2.47. The number of fused-ring (bicyclic) bond motifs is 3. The van der Waals surface area contributed by atoms with E-state index in [1.807, 2.05) is 60.8 Å². The zero-order valence-electron chi connectivity index (χ0n) is 34.8. The topological polar surface area (TPSA) is 147 Å². The molecule has 11 heteroatoms. The molecule has 0 unspecified atom stereocenters. The van der Waals surface area contributed by atoms with E-state index in [0.29, 0.717) is 80.5 Å². The Morgan fingerprint density at radius 2 is 1.77 bits per heavy atom. The van der Waals surface area contributed by atoms with Gasteiger partial charge in [0, 0.05) is 34.6 Å². The summed E-state index contributed by atoms with van der Waals surface area (Å²) in [7, 11) is 0. The molecule has 3 aliphatic rings. The Labute approximate surface area is 358 Å². The van der Waals surface area contributed by atoms with Gasteiger partial charge in [-0.15, -0.1) is 0 Å². The number of carboxylic acids is 2. The third-order valence-corrected chi connectivity index (χ3v) is 13.5. The summed E-state index contributed by atoms with van der Waals surface area (Å²) in [4.78, 5) is 42.4. The molecule has 1 amide bonds. The van der Waals surface area contributed by atoms with Gasteiger partial charge in [-0.3, -0.25) is 9.78 Å². The van der Waals surface area contributed by atoms with Gasteiger partial charge in [0.1, 0.15) is 23.1 Å². The Bertz CT molecular complexity index is 2140. The number of benzene rings is 3. The molecule has 60 heavy (non-hydrogen) atoms. The van der Waals surface area contributed by atoms with E-state index >= 15 is 0 Å². The van der Waals surface area contributed by atoms with E-state index in [2.05, 4.69) is 41.6 Å². The molecule has 4 atom stereocenters. The number of rotatable bonds is 18. The molecule has 3 aromatic carbocycles. The van der Waals surface area contributed by atoms with Crippen molar-refractivity contribution in [2.45, 2.75) is 120 Å². The third-order valence-electron chi connectivity index (χ3n) is 13.3. The van der Waals surface area contributed by atoms with Crippen molar-refractivity contribution < 1.29 is 34.1 Å². The minimum Gasteiger partial charge on any atom is -0.494 e. The van der Waals surface area contributed by atoms with Crippen molar-refractivity contribution >= 4 is 35.1 Å². The molecular formula is C49H58ClN3O7. The number of ether oxygens (including phenoxy) is 2. The zero-order chi connectivity index (χ0) is 42.3. The van der Waals surface area contributed by atoms with Gasteiger partial charge in [-0.1, -0.05) is 67.9 Å². The second-order valence-electron chi connectivity index (χ2n) is 17.4. The number of carboxylic acid groups (broad SMARTS) is 2. The minimum absolute atomic E-state index is 0.143. The van der Waals surface area contributed by atoms with E-state index in [4.69, 9.17) is 21.1 Å². The van der Waals surface area contributed by atoms with Gasteiger partial charge < -0.3 is 30.3 Å². The van der Waals surface area contributed by atoms with E-state index < -0.39 is 23.5 Å². The highest BCUT2D eigenvalue weighted by molar-refractivity contribution is 6.30. The van der Waals surface area contributed by atoms with Crippen molar-refractivity contribution in [3.8, 4) is 11.5 Å². The summed E-state index contributed by atoms with van der Waals surface area (Å²) >= 11 is 6.30. The van der Waals surface area contributed by atoms with Crippen LogP contribution < -0.4 is 20.1 Å². The zero-order valence-corrected chi connectivity index (χ0v) is 35.5. The van der Waals surface area contributed by atoms with Gasteiger partial charge in [0.05, 0.1) is 13.2 Å². The van der Waals surface area contributed by atoms with Crippen LogP contribution in [0.3, 0.4) is 0 Å². The number of anilines is 1. The molecule has 10 nitrogen and oxygen atoms in total. The minimum atomic E-state index is -1.13. The van der Waals surface area contributed by atoms with E-state index in [1.165, 1.54) is 16.7 Å². The number of carbonyl (C=O) groups is 3. The summed E-state index contributed by atoms with van der Waals surface area (Å²) in [6.45, 7) is 5.40. The van der Waals surface area contributed by atoms with E-state index in [-0.39, 0.29) is 29.6 Å². The van der Waals surface area contributed by atoms with Crippen molar-refractivity contribution in [2.24, 2.45) is 11.8 Å². The molecule has 1 fully saturated rings. The van der Waals surface area contributed by atoms with Gasteiger partial charge in [-0.05, 0) is 153 Å². The molecule has 318 valence electrons. The number of nitrogens with one attached hydrogen (secondary N) is 2. The highest BCUT2D eigenvalue weighted by atomic mass is 35.5. The van der Waals surface area contributed by atoms with Gasteiger partial charge in [0.25, 0.3) is 0 Å². The average Bonchev–Trinajstić information content (AvgIpc) is 3.52. The summed E-state index contributed by atoms with van der Waals surface area (Å²) in [6, 6.07) is 24.2. The first-order chi connectivity index (χ1) is 28.9. The standard InChI is InChI=1S/C49H58ClN3O7/c1-32(31-60-43-20-25-51-41-14-6-9-33(2)45(41)43)27-36-28-35-17-18-39(59-26-8-15-44(54)52-42(46(55)56)19-16-34-10-4-3-5-11-34)30-40(35)48(36)21-23-49(24-22-48,47(57)58)53-38-13-7-12-37(50)29-38/h3-5,7,10-13,17-18,20,25,29-30,32-33,36,42,53H,6,8-9,14-16,19,21-24,26-28,31H2,1-2H3,(H,52,54)(H,55,56)(H,57,58)/t32-,33-,36+,42+,48?,49?/m1/s1. The Hall–Kier alpha value is -5.09. The van der Waals surface area contributed by atoms with Gasteiger partial charge in [-0.25, -0.2) is 9.59 Å². The van der Waals surface area contributed by atoms with Crippen LogP contribution in [0.4, 0.5) is 5.69 Å². The van der Waals surface area contributed by atoms with Crippen LogP contribution in [0.1, 0.15) is 112 Å². The van der Waals surface area contributed by atoms with Crippen LogP contribution in [0.5, 0.6) is 11.5 Å². The fourth-order valence-electron chi connectivity index (χ4n) is 10.1. The quantitative estimate of drug-likeness (QED) is 0.0720. The highest BCUT2D eigenvalue weighted by Crippen LogP contribution is 2.57. The molecule has 0 saturated heterocycles. The Morgan fingerprint density at radius 3 is 2.52 bits per heavy atom. The number of carbonyl (C=O) groups excluding carboxylic acids is 1. The van der Waals surface area contributed by atoms with Gasteiger partial charge >= 0.3 is 11.9 Å². The first kappa shape index (κ1) is 43.0. The maximum Gasteiger partial charge on any atom is 0.329 e. The summed E-state index contributed by atoms with van der Waals surface area (Å²) in [5, 5.41) is 27.0. The predicted octanol–water partition coefficient (Wildman–Crippen LogP) is 9.56. The van der Waals surface area contributed by atoms with Crippen LogP contribution in [0, 0.1) is 11.8 Å². The normalized spacial score (nSPS) is 22.9. The Balaban J connectivity index is 1.03. The van der Waals surface area contributed by atoms with Crippen molar-refractivity contribution in [2.75, 3.05) is 18.5 Å². The first-order valence-electron chi connectivity index (χ1n) is 21.6. The largest absolute Gasteiger partial charge is 0.494 e. The maximum absolute atomic E-state index is 13.1. The highest BCUT2D eigenvalue weighted by Gasteiger charge is 2.54. The third kappa shape index (κ3) is 9.92. The molecule has 1 spiro atoms. The lowest BCUT2D eigenvalue weighted by atomic mass is 9.59. The SMILES string of the molecule is C[C@@H](COc1ccnc2c1[C@H](C)CCC2)C[C@H]1Cc2ccc(OCCCC(=O)N[C@@H](CCc3ccccc3)C(=O)O)cc2C12CCC(Nc1cccc(Cl)c1)(C(=O)O)CC2. The number of hydrogen-bond acceptors (Lipinski definition) is 7. The van der Waals surface area contributed by atoms with E-state index in [1.54, 1.807) is 12.1 Å². The molecule has 4 N–H and O–H groups in total. The average molecular weight is 836 g/mol. The number of aromatic nitrogens is 1. The lowest BCUT2D eigenvalue weighted by Crippen LogP contribution is -2.53. The fraction of sp³-hybridized carbons (Fsp3) is 0.469. The molecule has 0 radical (unpaired) electrons. The number of nitrogens with zero attached hydrogens (tertiary/aromatic N) is 1. The number of halogens is 1. The predicted molar refractivity (Wildman–Crippen MR) is 233 cm³/mol. The smallest absolute Gasteiger partial charge is 0.329 e. The second-order valence-corrected chi connectivity index (χ2v) is 17.9. The van der Waals surface area contributed by atoms with Crippen LogP contribution in [0.2, 0.25) is 5.02 Å². The summed E-state index contributed by atoms with van der Waals surface area (Å²) in [5.74, 6) is 0.374. The van der Waals surface area contributed by atoms with Crippen molar-refractivity contribution in [3.05, 3.63) is 118 Å². The van der Waals surface area contributed by atoms with Crippen LogP contribution in [0.15, 0.2) is 85.1 Å². The Kier molecular flexibility index (Phi) is 13.7. The van der Waals surface area contributed by atoms with Gasteiger partial charge in [-0.2, -0.15) is 0 Å². The van der Waals surface area contributed by atoms with Gasteiger partial charge in [0.2, 0.25) is 5.91 Å². The maximum atomic E-state index is 13.1. The molecule has 7 rings (SSSR count). The van der Waals surface area contributed by atoms with Crippen LogP contribution in [-0.4, -0.2) is 57.8 Å². The van der Waals surface area contributed by atoms with Crippen LogP contribution in [0.25, 0.3) is 0 Å². The fourth-order valence-corrected chi connectivity index (χ4v) is 10.3. The molecule has 1 aromatic heterocycles. The van der Waals surface area contributed by atoms with Crippen molar-refractivity contribution in [1.29, 1.82) is 0 Å². The van der Waals surface area contributed by atoms with Crippen molar-refractivity contribution in [3.63, 3.8) is 0 Å². The van der Waals surface area contributed by atoms with E-state index in [9.17, 15) is 24.6 Å². The number of pyridine rings is 1. The summed E-state index contributed by atoms with van der Waals surface area (Å²) in [5.41, 5.74) is 5.21. The van der Waals surface area contributed by atoms with Crippen LogP contribution in [-0.2, 0) is 39.1 Å². The second kappa shape index (κ2) is 19.1.